The molecule has 1 aromatic rings. The minimum atomic E-state index is 0. The van der Waals surface area contributed by atoms with Gasteiger partial charge in [-0.3, -0.25) is 0 Å². The molecule has 1 aliphatic rings. The highest BCUT2D eigenvalue weighted by molar-refractivity contribution is 5.85. The van der Waals surface area contributed by atoms with Crippen LogP contribution in [0.25, 0.3) is 0 Å². The summed E-state index contributed by atoms with van der Waals surface area (Å²) in [5, 5.41) is 7.04. The number of H-pyrrole nitrogens is 1. The van der Waals surface area contributed by atoms with Gasteiger partial charge in [0.1, 0.15) is 0 Å². The standard InChI is InChI=1S/C11H19N3.ClH/c1-9(11-5-3-7-13-11)14-10-4-2-6-12-8-10;/h3,5,7,9-10,12-14H,2,4,6,8H2,1H3;1H/t9?,10-;/m1./s1. The summed E-state index contributed by atoms with van der Waals surface area (Å²) in [5.74, 6) is 0. The molecule has 2 rings (SSSR count). The van der Waals surface area contributed by atoms with Crippen LogP contribution in [0.3, 0.4) is 0 Å². The molecule has 86 valence electrons. The highest BCUT2D eigenvalue weighted by atomic mass is 35.5. The van der Waals surface area contributed by atoms with Gasteiger partial charge in [-0.05, 0) is 38.4 Å². The summed E-state index contributed by atoms with van der Waals surface area (Å²) in [4.78, 5) is 3.24. The number of nitrogens with one attached hydrogen (secondary N) is 3. The molecule has 2 heterocycles. The predicted molar refractivity (Wildman–Crippen MR) is 65.5 cm³/mol. The molecule has 1 aliphatic heterocycles. The van der Waals surface area contributed by atoms with Crippen molar-refractivity contribution in [1.29, 1.82) is 0 Å². The molecule has 0 amide bonds. The van der Waals surface area contributed by atoms with Gasteiger partial charge in [-0.15, -0.1) is 12.4 Å². The van der Waals surface area contributed by atoms with E-state index in [2.05, 4.69) is 28.6 Å². The Morgan fingerprint density at radius 3 is 3.00 bits per heavy atom. The van der Waals surface area contributed by atoms with E-state index in [-0.39, 0.29) is 12.4 Å². The Hall–Kier alpha value is -0.510. The lowest BCUT2D eigenvalue weighted by Crippen LogP contribution is -2.44. The minimum absolute atomic E-state index is 0. The summed E-state index contributed by atoms with van der Waals surface area (Å²) >= 11 is 0. The molecule has 3 N–H and O–H groups in total. The van der Waals surface area contributed by atoms with Crippen molar-refractivity contribution in [2.45, 2.75) is 31.8 Å². The third-order valence-corrected chi connectivity index (χ3v) is 2.87. The van der Waals surface area contributed by atoms with E-state index in [1.54, 1.807) is 0 Å². The molecule has 0 spiro atoms. The Kier molecular flexibility index (Phi) is 5.15. The first-order valence-electron chi connectivity index (χ1n) is 5.46. The van der Waals surface area contributed by atoms with Crippen molar-refractivity contribution in [1.82, 2.24) is 15.6 Å². The van der Waals surface area contributed by atoms with Gasteiger partial charge in [-0.25, -0.2) is 0 Å². The SMILES string of the molecule is CC(N[C@@H]1CCCNC1)c1ccc[nH]1.Cl. The molecular formula is C11H20ClN3. The van der Waals surface area contributed by atoms with Crippen LogP contribution >= 0.6 is 12.4 Å². The number of piperidine rings is 1. The first-order chi connectivity index (χ1) is 6.86. The monoisotopic (exact) mass is 229 g/mol. The van der Waals surface area contributed by atoms with E-state index >= 15 is 0 Å². The zero-order valence-electron chi connectivity index (χ0n) is 9.12. The van der Waals surface area contributed by atoms with Crippen molar-refractivity contribution in [3.63, 3.8) is 0 Å². The van der Waals surface area contributed by atoms with Crippen LogP contribution in [0.1, 0.15) is 31.5 Å². The first kappa shape index (κ1) is 12.6. The zero-order valence-corrected chi connectivity index (χ0v) is 9.94. The van der Waals surface area contributed by atoms with Gasteiger partial charge in [0.25, 0.3) is 0 Å². The molecule has 0 aromatic carbocycles. The number of aromatic amines is 1. The molecule has 4 heteroatoms. The summed E-state index contributed by atoms with van der Waals surface area (Å²) in [6, 6.07) is 5.23. The molecule has 0 aliphatic carbocycles. The predicted octanol–water partition coefficient (Wildman–Crippen LogP) is 1.84. The van der Waals surface area contributed by atoms with Crippen LogP contribution < -0.4 is 10.6 Å². The fourth-order valence-electron chi connectivity index (χ4n) is 2.05. The van der Waals surface area contributed by atoms with Crippen LogP contribution in [-0.4, -0.2) is 24.1 Å². The van der Waals surface area contributed by atoms with Crippen LogP contribution in [0.5, 0.6) is 0 Å². The lowest BCUT2D eigenvalue weighted by atomic mass is 10.1. The smallest absolute Gasteiger partial charge is 0.0446 e. The van der Waals surface area contributed by atoms with E-state index in [9.17, 15) is 0 Å². The molecule has 1 aromatic heterocycles. The van der Waals surface area contributed by atoms with E-state index in [0.717, 1.165) is 6.54 Å². The van der Waals surface area contributed by atoms with Gasteiger partial charge in [0.15, 0.2) is 0 Å². The van der Waals surface area contributed by atoms with Gasteiger partial charge < -0.3 is 15.6 Å². The molecular weight excluding hydrogens is 210 g/mol. The third kappa shape index (κ3) is 3.52. The van der Waals surface area contributed by atoms with E-state index in [1.165, 1.54) is 25.1 Å². The molecule has 0 radical (unpaired) electrons. The second kappa shape index (κ2) is 6.16. The van der Waals surface area contributed by atoms with Gasteiger partial charge in [0, 0.05) is 30.5 Å². The highest BCUT2D eigenvalue weighted by Crippen LogP contribution is 2.12. The molecule has 15 heavy (non-hydrogen) atoms. The van der Waals surface area contributed by atoms with Crippen molar-refractivity contribution < 1.29 is 0 Å². The summed E-state index contributed by atoms with van der Waals surface area (Å²) in [5.41, 5.74) is 1.27. The van der Waals surface area contributed by atoms with Gasteiger partial charge >= 0.3 is 0 Å². The lowest BCUT2D eigenvalue weighted by Gasteiger charge is -2.26. The lowest BCUT2D eigenvalue weighted by molar-refractivity contribution is 0.360. The number of aromatic nitrogens is 1. The Balaban J connectivity index is 0.00000112. The van der Waals surface area contributed by atoms with Crippen LogP contribution in [0.4, 0.5) is 0 Å². The van der Waals surface area contributed by atoms with Crippen LogP contribution in [-0.2, 0) is 0 Å². The van der Waals surface area contributed by atoms with Gasteiger partial charge in [-0.1, -0.05) is 0 Å². The van der Waals surface area contributed by atoms with E-state index in [0.29, 0.717) is 12.1 Å². The Morgan fingerprint density at radius 2 is 2.40 bits per heavy atom. The summed E-state index contributed by atoms with van der Waals surface area (Å²) in [7, 11) is 0. The molecule has 2 atom stereocenters. The van der Waals surface area contributed by atoms with E-state index < -0.39 is 0 Å². The van der Waals surface area contributed by atoms with Crippen molar-refractivity contribution in [2.75, 3.05) is 13.1 Å². The molecule has 1 saturated heterocycles. The Morgan fingerprint density at radius 1 is 1.53 bits per heavy atom. The summed E-state index contributed by atoms with van der Waals surface area (Å²) in [6.45, 7) is 4.49. The maximum Gasteiger partial charge on any atom is 0.0446 e. The normalized spacial score (nSPS) is 23.1. The maximum atomic E-state index is 3.63. The second-order valence-corrected chi connectivity index (χ2v) is 4.06. The number of rotatable bonds is 3. The fourth-order valence-corrected chi connectivity index (χ4v) is 2.05. The maximum absolute atomic E-state index is 3.63. The number of hydrogen-bond donors (Lipinski definition) is 3. The molecule has 0 bridgehead atoms. The Labute approximate surface area is 97.4 Å². The van der Waals surface area contributed by atoms with Crippen LogP contribution in [0.2, 0.25) is 0 Å². The zero-order chi connectivity index (χ0) is 9.80. The number of halogens is 1. The van der Waals surface area contributed by atoms with Gasteiger partial charge in [0.05, 0.1) is 0 Å². The van der Waals surface area contributed by atoms with Crippen LogP contribution in [0.15, 0.2) is 18.3 Å². The topological polar surface area (TPSA) is 39.8 Å². The summed E-state index contributed by atoms with van der Waals surface area (Å²) in [6.07, 6.45) is 4.56. The molecule has 0 saturated carbocycles. The Bertz CT molecular complexity index is 255. The van der Waals surface area contributed by atoms with Gasteiger partial charge in [-0.2, -0.15) is 0 Å². The van der Waals surface area contributed by atoms with Crippen molar-refractivity contribution >= 4 is 12.4 Å². The fraction of sp³-hybridized carbons (Fsp3) is 0.636. The van der Waals surface area contributed by atoms with Crippen molar-refractivity contribution in [2.24, 2.45) is 0 Å². The quantitative estimate of drug-likeness (QED) is 0.740. The van der Waals surface area contributed by atoms with Crippen LogP contribution in [0, 0.1) is 0 Å². The van der Waals surface area contributed by atoms with E-state index in [1.807, 2.05) is 12.3 Å². The highest BCUT2D eigenvalue weighted by Gasteiger charge is 2.15. The minimum Gasteiger partial charge on any atom is -0.364 e. The van der Waals surface area contributed by atoms with E-state index in [4.69, 9.17) is 0 Å². The average Bonchev–Trinajstić information content (AvgIpc) is 2.72. The average molecular weight is 230 g/mol. The van der Waals surface area contributed by atoms with Gasteiger partial charge in [0.2, 0.25) is 0 Å². The third-order valence-electron chi connectivity index (χ3n) is 2.87. The number of hydrogen-bond acceptors (Lipinski definition) is 2. The largest absolute Gasteiger partial charge is 0.364 e. The molecule has 1 fully saturated rings. The van der Waals surface area contributed by atoms with Crippen molar-refractivity contribution in [3.05, 3.63) is 24.0 Å². The second-order valence-electron chi connectivity index (χ2n) is 4.06. The summed E-state index contributed by atoms with van der Waals surface area (Å²) < 4.78 is 0. The molecule has 3 nitrogen and oxygen atoms in total. The van der Waals surface area contributed by atoms with Crippen molar-refractivity contribution in [3.8, 4) is 0 Å². The first-order valence-corrected chi connectivity index (χ1v) is 5.46. The molecule has 1 unspecified atom stereocenters.